The van der Waals surface area contributed by atoms with Crippen LogP contribution in [-0.2, 0) is 4.79 Å². The normalized spacial score (nSPS) is 9.89. The molecule has 0 spiro atoms. The van der Waals surface area contributed by atoms with Crippen molar-refractivity contribution < 1.29 is 14.6 Å². The van der Waals surface area contributed by atoms with Crippen LogP contribution in [0.1, 0.15) is 11.3 Å². The first-order chi connectivity index (χ1) is 8.06. The zero-order valence-electron chi connectivity index (χ0n) is 10.1. The smallest absolute Gasteiger partial charge is 0.341 e. The molecule has 1 aromatic carbocycles. The summed E-state index contributed by atoms with van der Waals surface area (Å²) >= 11 is 0. The van der Waals surface area contributed by atoms with E-state index in [1.54, 1.807) is 6.07 Å². The highest BCUT2D eigenvalue weighted by atomic mass is 35.5. The lowest BCUT2D eigenvalue weighted by Gasteiger charge is -2.09. The van der Waals surface area contributed by atoms with Gasteiger partial charge in [-0.15, -0.1) is 12.4 Å². The molecule has 0 fully saturated rings. The summed E-state index contributed by atoms with van der Waals surface area (Å²) in [7, 11) is 0. The standard InChI is InChI=1S/C13H13NO3.ClH/c1-8-3-4-11-10(5-8)12(6-9(2)14-11)17-7-13(15)16;/h3-6H,7H2,1-2H3,(H,15,16);1H. The van der Waals surface area contributed by atoms with Gasteiger partial charge in [0.05, 0.1) is 5.52 Å². The van der Waals surface area contributed by atoms with Gasteiger partial charge in [0, 0.05) is 17.1 Å². The Hall–Kier alpha value is -1.81. The van der Waals surface area contributed by atoms with E-state index in [0.29, 0.717) is 5.75 Å². The van der Waals surface area contributed by atoms with Crippen molar-refractivity contribution in [3.8, 4) is 5.75 Å². The number of nitrogens with zero attached hydrogens (tertiary/aromatic N) is 1. The molecular formula is C13H14ClNO3. The number of aliphatic carboxylic acids is 1. The number of aromatic nitrogens is 1. The average Bonchev–Trinajstić information content (AvgIpc) is 2.26. The Labute approximate surface area is 111 Å². The summed E-state index contributed by atoms with van der Waals surface area (Å²) in [6.45, 7) is 3.49. The van der Waals surface area contributed by atoms with E-state index in [0.717, 1.165) is 22.2 Å². The number of ether oxygens (including phenoxy) is 1. The molecule has 0 saturated carbocycles. The summed E-state index contributed by atoms with van der Waals surface area (Å²) < 4.78 is 5.28. The fourth-order valence-electron chi connectivity index (χ4n) is 1.69. The Kier molecular flexibility index (Phi) is 4.50. The van der Waals surface area contributed by atoms with Gasteiger partial charge in [0.2, 0.25) is 0 Å². The highest BCUT2D eigenvalue weighted by Gasteiger charge is 2.07. The maximum absolute atomic E-state index is 10.5. The van der Waals surface area contributed by atoms with Crippen LogP contribution in [0.25, 0.3) is 10.9 Å². The first-order valence-electron chi connectivity index (χ1n) is 5.29. The molecule has 5 heteroatoms. The third-order valence-electron chi connectivity index (χ3n) is 2.41. The molecule has 96 valence electrons. The number of hydrogen-bond donors (Lipinski definition) is 1. The second-order valence-corrected chi connectivity index (χ2v) is 3.96. The van der Waals surface area contributed by atoms with Crippen molar-refractivity contribution in [2.75, 3.05) is 6.61 Å². The predicted octanol–water partition coefficient (Wildman–Crippen LogP) is 2.74. The highest BCUT2D eigenvalue weighted by molar-refractivity contribution is 5.86. The van der Waals surface area contributed by atoms with Crippen molar-refractivity contribution in [1.82, 2.24) is 4.98 Å². The third-order valence-corrected chi connectivity index (χ3v) is 2.41. The zero-order chi connectivity index (χ0) is 12.4. The monoisotopic (exact) mass is 267 g/mol. The first-order valence-corrected chi connectivity index (χ1v) is 5.29. The second kappa shape index (κ2) is 5.69. The van der Waals surface area contributed by atoms with E-state index >= 15 is 0 Å². The van der Waals surface area contributed by atoms with E-state index in [9.17, 15) is 4.79 Å². The molecule has 1 N–H and O–H groups in total. The molecule has 0 radical (unpaired) electrons. The molecular weight excluding hydrogens is 254 g/mol. The van der Waals surface area contributed by atoms with Gasteiger partial charge in [-0.25, -0.2) is 4.79 Å². The Balaban J connectivity index is 0.00000162. The van der Waals surface area contributed by atoms with Crippen LogP contribution in [0, 0.1) is 13.8 Å². The number of rotatable bonds is 3. The van der Waals surface area contributed by atoms with E-state index < -0.39 is 5.97 Å². The SMILES string of the molecule is Cc1ccc2nc(C)cc(OCC(=O)O)c2c1.Cl. The van der Waals surface area contributed by atoms with Crippen LogP contribution in [0.2, 0.25) is 0 Å². The number of carboxylic acids is 1. The maximum Gasteiger partial charge on any atom is 0.341 e. The van der Waals surface area contributed by atoms with Crippen molar-refractivity contribution in [1.29, 1.82) is 0 Å². The largest absolute Gasteiger partial charge is 0.481 e. The van der Waals surface area contributed by atoms with Crippen molar-refractivity contribution >= 4 is 29.3 Å². The van der Waals surface area contributed by atoms with Gasteiger partial charge < -0.3 is 9.84 Å². The summed E-state index contributed by atoms with van der Waals surface area (Å²) in [4.78, 5) is 14.9. The third kappa shape index (κ3) is 3.11. The number of hydrogen-bond acceptors (Lipinski definition) is 3. The van der Waals surface area contributed by atoms with Crippen LogP contribution in [0.4, 0.5) is 0 Å². The summed E-state index contributed by atoms with van der Waals surface area (Å²) in [5, 5.41) is 9.47. The number of fused-ring (bicyclic) bond motifs is 1. The van der Waals surface area contributed by atoms with Gasteiger partial charge in [-0.1, -0.05) is 11.6 Å². The van der Waals surface area contributed by atoms with Gasteiger partial charge in [0.1, 0.15) is 5.75 Å². The van der Waals surface area contributed by atoms with Crippen LogP contribution < -0.4 is 4.74 Å². The van der Waals surface area contributed by atoms with Crippen molar-refractivity contribution in [2.45, 2.75) is 13.8 Å². The average molecular weight is 268 g/mol. The summed E-state index contributed by atoms with van der Waals surface area (Å²) in [5.74, 6) is -0.418. The lowest BCUT2D eigenvalue weighted by atomic mass is 10.1. The van der Waals surface area contributed by atoms with Crippen LogP contribution in [0.5, 0.6) is 5.75 Å². The van der Waals surface area contributed by atoms with Crippen LogP contribution in [0.3, 0.4) is 0 Å². The fraction of sp³-hybridized carbons (Fsp3) is 0.231. The molecule has 0 aliphatic rings. The molecule has 2 aromatic rings. The molecule has 1 aromatic heterocycles. The van der Waals surface area contributed by atoms with Crippen molar-refractivity contribution in [2.24, 2.45) is 0 Å². The Morgan fingerprint density at radius 1 is 1.33 bits per heavy atom. The molecule has 1 heterocycles. The van der Waals surface area contributed by atoms with E-state index in [-0.39, 0.29) is 19.0 Å². The number of carboxylic acid groups (broad SMARTS) is 1. The number of halogens is 1. The van der Waals surface area contributed by atoms with Crippen molar-refractivity contribution in [3.05, 3.63) is 35.5 Å². The highest BCUT2D eigenvalue weighted by Crippen LogP contribution is 2.26. The Morgan fingerprint density at radius 3 is 2.72 bits per heavy atom. The van der Waals surface area contributed by atoms with Gasteiger partial charge in [0.25, 0.3) is 0 Å². The van der Waals surface area contributed by atoms with E-state index in [2.05, 4.69) is 4.98 Å². The van der Waals surface area contributed by atoms with Crippen molar-refractivity contribution in [3.63, 3.8) is 0 Å². The topological polar surface area (TPSA) is 59.4 Å². The molecule has 2 rings (SSSR count). The molecule has 0 atom stereocenters. The summed E-state index contributed by atoms with van der Waals surface area (Å²) in [6.07, 6.45) is 0. The molecule has 0 saturated heterocycles. The minimum Gasteiger partial charge on any atom is -0.481 e. The minimum absolute atomic E-state index is 0. The van der Waals surface area contributed by atoms with E-state index in [1.807, 2.05) is 32.0 Å². The summed E-state index contributed by atoms with van der Waals surface area (Å²) in [6, 6.07) is 7.57. The summed E-state index contributed by atoms with van der Waals surface area (Å²) in [5.41, 5.74) is 2.71. The molecule has 0 amide bonds. The number of carbonyl (C=O) groups is 1. The van der Waals surface area contributed by atoms with Gasteiger partial charge in [-0.3, -0.25) is 4.98 Å². The van der Waals surface area contributed by atoms with Crippen LogP contribution >= 0.6 is 12.4 Å². The predicted molar refractivity (Wildman–Crippen MR) is 71.6 cm³/mol. The Morgan fingerprint density at radius 2 is 2.06 bits per heavy atom. The second-order valence-electron chi connectivity index (χ2n) is 3.96. The molecule has 0 unspecified atom stereocenters. The molecule has 18 heavy (non-hydrogen) atoms. The number of aryl methyl sites for hydroxylation is 2. The molecule has 0 bridgehead atoms. The lowest BCUT2D eigenvalue weighted by Crippen LogP contribution is -2.10. The molecule has 0 aliphatic carbocycles. The first kappa shape index (κ1) is 14.3. The van der Waals surface area contributed by atoms with Crippen LogP contribution in [0.15, 0.2) is 24.3 Å². The number of benzene rings is 1. The minimum atomic E-state index is -0.986. The zero-order valence-corrected chi connectivity index (χ0v) is 11.0. The number of pyridine rings is 1. The maximum atomic E-state index is 10.5. The van der Waals surface area contributed by atoms with Gasteiger partial charge in [-0.05, 0) is 26.0 Å². The van der Waals surface area contributed by atoms with Gasteiger partial charge in [-0.2, -0.15) is 0 Å². The quantitative estimate of drug-likeness (QED) is 0.929. The molecule has 0 aliphatic heterocycles. The fourth-order valence-corrected chi connectivity index (χ4v) is 1.69. The Bertz CT molecular complexity index is 584. The van der Waals surface area contributed by atoms with Gasteiger partial charge in [0.15, 0.2) is 6.61 Å². The van der Waals surface area contributed by atoms with E-state index in [4.69, 9.17) is 9.84 Å². The van der Waals surface area contributed by atoms with Gasteiger partial charge >= 0.3 is 5.97 Å². The molecule has 4 nitrogen and oxygen atoms in total. The van der Waals surface area contributed by atoms with Crippen LogP contribution in [-0.4, -0.2) is 22.7 Å². The van der Waals surface area contributed by atoms with E-state index in [1.165, 1.54) is 0 Å². The lowest BCUT2D eigenvalue weighted by molar-refractivity contribution is -0.139.